The first-order valence-corrected chi connectivity index (χ1v) is 10.2. The zero-order chi connectivity index (χ0) is 17.0. The van der Waals surface area contributed by atoms with Crippen molar-refractivity contribution < 1.29 is 4.79 Å². The Morgan fingerprint density at radius 3 is 2.88 bits per heavy atom. The van der Waals surface area contributed by atoms with Gasteiger partial charge in [0.2, 0.25) is 0 Å². The van der Waals surface area contributed by atoms with E-state index in [1.54, 1.807) is 11.3 Å². The number of hydrogen-bond donors (Lipinski definition) is 0. The number of thiazole rings is 1. The molecule has 1 aromatic carbocycles. The highest BCUT2D eigenvalue weighted by molar-refractivity contribution is 7.17. The molecule has 4 heteroatoms. The van der Waals surface area contributed by atoms with Gasteiger partial charge in [-0.05, 0) is 68.1 Å². The molecule has 0 radical (unpaired) electrons. The van der Waals surface area contributed by atoms with Gasteiger partial charge in [-0.15, -0.1) is 11.3 Å². The van der Waals surface area contributed by atoms with Crippen LogP contribution < -0.4 is 0 Å². The number of benzene rings is 1. The number of imidazole rings is 1. The minimum absolute atomic E-state index is 0.732. The van der Waals surface area contributed by atoms with Crippen molar-refractivity contribution in [1.29, 1.82) is 0 Å². The second-order valence-electron chi connectivity index (χ2n) is 7.59. The third-order valence-electron chi connectivity index (χ3n) is 5.83. The fraction of sp³-hybridized carbons (Fsp3) is 0.429. The summed E-state index contributed by atoms with van der Waals surface area (Å²) in [4.78, 5) is 19.2. The van der Waals surface area contributed by atoms with Gasteiger partial charge in [-0.3, -0.25) is 9.20 Å². The predicted molar refractivity (Wildman–Crippen MR) is 102 cm³/mol. The Morgan fingerprint density at radius 2 is 2.04 bits per heavy atom. The van der Waals surface area contributed by atoms with E-state index in [1.165, 1.54) is 47.4 Å². The summed E-state index contributed by atoms with van der Waals surface area (Å²) in [7, 11) is 0. The molecule has 1 atom stereocenters. The van der Waals surface area contributed by atoms with Crippen LogP contribution in [-0.2, 0) is 25.7 Å². The Balaban J connectivity index is 1.67. The van der Waals surface area contributed by atoms with Gasteiger partial charge in [0.25, 0.3) is 0 Å². The average molecular weight is 350 g/mol. The van der Waals surface area contributed by atoms with Crippen molar-refractivity contribution in [3.05, 3.63) is 45.6 Å². The number of hydrogen-bond acceptors (Lipinski definition) is 3. The summed E-state index contributed by atoms with van der Waals surface area (Å²) in [6, 6.07) is 6.66. The Hall–Kier alpha value is -1.94. The van der Waals surface area contributed by atoms with E-state index in [4.69, 9.17) is 4.98 Å². The molecule has 0 bridgehead atoms. The predicted octanol–water partition coefficient (Wildman–Crippen LogP) is 4.88. The molecule has 2 heterocycles. The first kappa shape index (κ1) is 15.3. The summed E-state index contributed by atoms with van der Waals surface area (Å²) in [5.74, 6) is 0.732. The molecule has 0 aliphatic heterocycles. The highest BCUT2D eigenvalue weighted by Gasteiger charge is 2.25. The number of carbonyl (C=O) groups is 1. The van der Waals surface area contributed by atoms with Gasteiger partial charge in [0.15, 0.2) is 11.2 Å². The lowest BCUT2D eigenvalue weighted by molar-refractivity contribution is 0.111. The summed E-state index contributed by atoms with van der Waals surface area (Å²) in [6.45, 7) is 2.31. The zero-order valence-electron chi connectivity index (χ0n) is 14.5. The summed E-state index contributed by atoms with van der Waals surface area (Å²) in [5, 5.41) is 0. The maximum atomic E-state index is 12.0. The molecule has 3 nitrogen and oxygen atoms in total. The normalized spacial score (nSPS) is 19.6. The van der Waals surface area contributed by atoms with E-state index in [2.05, 4.69) is 29.5 Å². The van der Waals surface area contributed by atoms with E-state index >= 15 is 0 Å². The minimum Gasteiger partial charge on any atom is -0.296 e. The van der Waals surface area contributed by atoms with E-state index in [-0.39, 0.29) is 0 Å². The summed E-state index contributed by atoms with van der Waals surface area (Å²) >= 11 is 1.77. The van der Waals surface area contributed by atoms with Crippen LogP contribution in [0.1, 0.15) is 58.4 Å². The first-order chi connectivity index (χ1) is 12.2. The molecule has 128 valence electrons. The molecule has 1 unspecified atom stereocenters. The van der Waals surface area contributed by atoms with Crippen LogP contribution in [0.2, 0.25) is 0 Å². The molecular weight excluding hydrogens is 328 g/mol. The number of aromatic nitrogens is 2. The van der Waals surface area contributed by atoms with Crippen LogP contribution in [-0.4, -0.2) is 15.7 Å². The topological polar surface area (TPSA) is 34.4 Å². The standard InChI is InChI=1S/C21H22N2OS/c1-13-6-9-17-19(10-13)25-21-22-20(18(12-24)23(17)21)16-8-7-14-4-2-3-5-15(14)11-16/h7-8,11-13H,2-6,9-10H2,1H3. The van der Waals surface area contributed by atoms with Crippen molar-refractivity contribution >= 4 is 22.6 Å². The van der Waals surface area contributed by atoms with Crippen LogP contribution in [0.5, 0.6) is 0 Å². The quantitative estimate of drug-likeness (QED) is 0.617. The van der Waals surface area contributed by atoms with Crippen molar-refractivity contribution in [3.63, 3.8) is 0 Å². The Morgan fingerprint density at radius 1 is 1.20 bits per heavy atom. The van der Waals surface area contributed by atoms with Crippen LogP contribution in [0, 0.1) is 5.92 Å². The van der Waals surface area contributed by atoms with E-state index in [0.717, 1.165) is 53.4 Å². The van der Waals surface area contributed by atoms with Crippen LogP contribution in [0.3, 0.4) is 0 Å². The summed E-state index contributed by atoms with van der Waals surface area (Å²) < 4.78 is 2.13. The number of fused-ring (bicyclic) bond motifs is 4. The Bertz CT molecular complexity index is 982. The number of nitrogens with zero attached hydrogens (tertiary/aromatic N) is 2. The second kappa shape index (κ2) is 5.80. The smallest absolute Gasteiger partial charge is 0.195 e. The molecule has 0 spiro atoms. The van der Waals surface area contributed by atoms with E-state index in [1.807, 2.05) is 0 Å². The van der Waals surface area contributed by atoms with Gasteiger partial charge >= 0.3 is 0 Å². The highest BCUT2D eigenvalue weighted by Crippen LogP contribution is 2.36. The average Bonchev–Trinajstić information content (AvgIpc) is 3.16. The van der Waals surface area contributed by atoms with Crippen LogP contribution in [0.4, 0.5) is 0 Å². The van der Waals surface area contributed by atoms with E-state index in [9.17, 15) is 4.79 Å². The third-order valence-corrected chi connectivity index (χ3v) is 6.94. The van der Waals surface area contributed by atoms with Gasteiger partial charge < -0.3 is 0 Å². The van der Waals surface area contributed by atoms with Gasteiger partial charge in [-0.2, -0.15) is 0 Å². The third kappa shape index (κ3) is 2.38. The van der Waals surface area contributed by atoms with Crippen LogP contribution in [0.15, 0.2) is 18.2 Å². The fourth-order valence-electron chi connectivity index (χ4n) is 4.45. The molecule has 0 saturated carbocycles. The molecule has 0 N–H and O–H groups in total. The maximum absolute atomic E-state index is 12.0. The molecule has 0 amide bonds. The lowest BCUT2D eigenvalue weighted by Gasteiger charge is -2.18. The maximum Gasteiger partial charge on any atom is 0.195 e. The molecule has 3 aromatic rings. The molecular formula is C21H22N2OS. The van der Waals surface area contributed by atoms with Gasteiger partial charge in [0.1, 0.15) is 11.4 Å². The molecule has 0 saturated heterocycles. The lowest BCUT2D eigenvalue weighted by atomic mass is 9.90. The van der Waals surface area contributed by atoms with Crippen molar-refractivity contribution in [2.75, 3.05) is 0 Å². The van der Waals surface area contributed by atoms with Crippen molar-refractivity contribution in [1.82, 2.24) is 9.38 Å². The van der Waals surface area contributed by atoms with Gasteiger partial charge in [0, 0.05) is 16.1 Å². The number of rotatable bonds is 2. The summed E-state index contributed by atoms with van der Waals surface area (Å²) in [5.41, 5.74) is 6.91. The van der Waals surface area contributed by atoms with Gasteiger partial charge in [-0.25, -0.2) is 4.98 Å². The number of aryl methyl sites for hydroxylation is 3. The zero-order valence-corrected chi connectivity index (χ0v) is 15.4. The minimum atomic E-state index is 0.732. The number of aldehydes is 1. The second-order valence-corrected chi connectivity index (χ2v) is 8.65. The largest absolute Gasteiger partial charge is 0.296 e. The van der Waals surface area contributed by atoms with Gasteiger partial charge in [0.05, 0.1) is 0 Å². The summed E-state index contributed by atoms with van der Waals surface area (Å²) in [6.07, 6.45) is 9.25. The fourth-order valence-corrected chi connectivity index (χ4v) is 5.79. The monoisotopic (exact) mass is 350 g/mol. The van der Waals surface area contributed by atoms with Gasteiger partial charge in [-0.1, -0.05) is 19.1 Å². The van der Waals surface area contributed by atoms with E-state index < -0.39 is 0 Å². The van der Waals surface area contributed by atoms with Crippen molar-refractivity contribution in [3.8, 4) is 11.3 Å². The van der Waals surface area contributed by atoms with Crippen LogP contribution in [0.25, 0.3) is 16.2 Å². The molecule has 5 rings (SSSR count). The Labute approximate surface area is 151 Å². The van der Waals surface area contributed by atoms with Crippen molar-refractivity contribution in [2.45, 2.75) is 51.9 Å². The first-order valence-electron chi connectivity index (χ1n) is 9.35. The molecule has 0 fully saturated rings. The number of carbonyl (C=O) groups excluding carboxylic acids is 1. The van der Waals surface area contributed by atoms with E-state index in [0.29, 0.717) is 0 Å². The molecule has 25 heavy (non-hydrogen) atoms. The SMILES string of the molecule is CC1CCc2c(sc3nc(-c4ccc5c(c4)CCCC5)c(C=O)n23)C1. The van der Waals surface area contributed by atoms with Crippen molar-refractivity contribution in [2.24, 2.45) is 5.92 Å². The molecule has 2 aromatic heterocycles. The van der Waals surface area contributed by atoms with Crippen LogP contribution >= 0.6 is 11.3 Å². The molecule has 2 aliphatic carbocycles. The lowest BCUT2D eigenvalue weighted by Crippen LogP contribution is -2.11. The highest BCUT2D eigenvalue weighted by atomic mass is 32.1. The Kier molecular flexibility index (Phi) is 3.56. The molecule has 2 aliphatic rings.